The van der Waals surface area contributed by atoms with Crippen LogP contribution in [0.3, 0.4) is 0 Å². The first kappa shape index (κ1) is 15.4. The standard InChI is InChI=1S/C14H27NSi/c1-8-9-14(10-15)16(11(2)3,12(4)5)13(6)7/h8,11-14H,1,9H2,2-7H3. The highest BCUT2D eigenvalue weighted by molar-refractivity contribution is 6.85. The van der Waals surface area contributed by atoms with Gasteiger partial charge in [-0.3, -0.25) is 0 Å². The molecule has 0 radical (unpaired) electrons. The summed E-state index contributed by atoms with van der Waals surface area (Å²) in [6.07, 6.45) is 2.78. The minimum Gasteiger partial charge on any atom is -0.198 e. The van der Waals surface area contributed by atoms with Gasteiger partial charge in [0.2, 0.25) is 0 Å². The van der Waals surface area contributed by atoms with Gasteiger partial charge in [-0.25, -0.2) is 0 Å². The first-order chi connectivity index (χ1) is 7.35. The quantitative estimate of drug-likeness (QED) is 0.464. The summed E-state index contributed by atoms with van der Waals surface area (Å²) in [5, 5.41) is 9.48. The van der Waals surface area contributed by atoms with Crippen LogP contribution in [0.4, 0.5) is 0 Å². The van der Waals surface area contributed by atoms with Crippen LogP contribution in [-0.4, -0.2) is 8.07 Å². The fourth-order valence-corrected chi connectivity index (χ4v) is 11.0. The minimum absolute atomic E-state index is 0.213. The largest absolute Gasteiger partial charge is 0.198 e. The third kappa shape index (κ3) is 2.57. The van der Waals surface area contributed by atoms with Crippen molar-refractivity contribution in [3.63, 3.8) is 0 Å². The molecule has 0 saturated heterocycles. The number of nitriles is 1. The van der Waals surface area contributed by atoms with Crippen LogP contribution >= 0.6 is 0 Å². The van der Waals surface area contributed by atoms with Crippen LogP contribution in [0.15, 0.2) is 12.7 Å². The molecule has 0 aliphatic carbocycles. The Morgan fingerprint density at radius 1 is 1.06 bits per heavy atom. The maximum absolute atomic E-state index is 9.48. The fraction of sp³-hybridized carbons (Fsp3) is 0.786. The Hall–Kier alpha value is -0.553. The summed E-state index contributed by atoms with van der Waals surface area (Å²) in [6.45, 7) is 17.6. The summed E-state index contributed by atoms with van der Waals surface area (Å²) in [7, 11) is -1.61. The summed E-state index contributed by atoms with van der Waals surface area (Å²) >= 11 is 0. The highest BCUT2D eigenvalue weighted by Gasteiger charge is 2.48. The summed E-state index contributed by atoms with van der Waals surface area (Å²) < 4.78 is 0. The number of hydrogen-bond donors (Lipinski definition) is 0. The van der Waals surface area contributed by atoms with E-state index in [1.807, 2.05) is 6.08 Å². The first-order valence-electron chi connectivity index (χ1n) is 6.36. The molecule has 0 saturated carbocycles. The van der Waals surface area contributed by atoms with Gasteiger partial charge in [0, 0.05) is 5.54 Å². The van der Waals surface area contributed by atoms with E-state index in [0.717, 1.165) is 6.42 Å². The molecule has 0 aromatic rings. The van der Waals surface area contributed by atoms with Crippen molar-refractivity contribution in [3.8, 4) is 6.07 Å². The number of rotatable bonds is 6. The molecule has 0 spiro atoms. The van der Waals surface area contributed by atoms with Gasteiger partial charge in [-0.1, -0.05) is 47.6 Å². The van der Waals surface area contributed by atoms with Gasteiger partial charge in [0.05, 0.1) is 14.1 Å². The monoisotopic (exact) mass is 237 g/mol. The van der Waals surface area contributed by atoms with Gasteiger partial charge in [-0.15, -0.1) is 6.58 Å². The van der Waals surface area contributed by atoms with Gasteiger partial charge in [0.25, 0.3) is 0 Å². The molecule has 0 bridgehead atoms. The van der Waals surface area contributed by atoms with Crippen LogP contribution in [0, 0.1) is 11.3 Å². The Labute approximate surface area is 103 Å². The summed E-state index contributed by atoms with van der Waals surface area (Å²) in [6, 6.07) is 2.58. The molecule has 0 amide bonds. The van der Waals surface area contributed by atoms with E-state index < -0.39 is 8.07 Å². The summed E-state index contributed by atoms with van der Waals surface area (Å²) in [4.78, 5) is 0. The zero-order chi connectivity index (χ0) is 12.9. The van der Waals surface area contributed by atoms with Crippen LogP contribution in [0.2, 0.25) is 22.2 Å². The van der Waals surface area contributed by atoms with E-state index in [1.54, 1.807) is 0 Å². The molecule has 0 heterocycles. The second-order valence-corrected chi connectivity index (χ2v) is 11.8. The molecular formula is C14H27NSi. The topological polar surface area (TPSA) is 23.8 Å². The smallest absolute Gasteiger partial charge is 0.0810 e. The van der Waals surface area contributed by atoms with Crippen molar-refractivity contribution in [2.24, 2.45) is 0 Å². The van der Waals surface area contributed by atoms with Crippen molar-refractivity contribution < 1.29 is 0 Å². The van der Waals surface area contributed by atoms with E-state index in [1.165, 1.54) is 0 Å². The number of nitrogens with zero attached hydrogens (tertiary/aromatic N) is 1. The lowest BCUT2D eigenvalue weighted by atomic mass is 10.3. The number of hydrogen-bond acceptors (Lipinski definition) is 1. The molecule has 16 heavy (non-hydrogen) atoms. The third-order valence-electron chi connectivity index (χ3n) is 4.16. The van der Waals surface area contributed by atoms with Crippen molar-refractivity contribution in [3.05, 3.63) is 12.7 Å². The Balaban J connectivity index is 5.50. The van der Waals surface area contributed by atoms with E-state index in [-0.39, 0.29) is 5.54 Å². The normalized spacial score (nSPS) is 14.2. The average molecular weight is 237 g/mol. The van der Waals surface area contributed by atoms with Gasteiger partial charge in [-0.2, -0.15) is 5.26 Å². The predicted octanol–water partition coefficient (Wildman–Crippen LogP) is 5.14. The summed E-state index contributed by atoms with van der Waals surface area (Å²) in [5.74, 6) is 0. The van der Waals surface area contributed by atoms with Crippen LogP contribution in [0.1, 0.15) is 48.0 Å². The maximum Gasteiger partial charge on any atom is 0.0810 e. The van der Waals surface area contributed by atoms with Crippen LogP contribution < -0.4 is 0 Å². The maximum atomic E-state index is 9.48. The SMILES string of the molecule is C=CCC(C#N)[Si](C(C)C)(C(C)C)C(C)C. The zero-order valence-electron chi connectivity index (χ0n) is 11.7. The summed E-state index contributed by atoms with van der Waals surface area (Å²) in [5.41, 5.74) is 2.16. The molecule has 0 aromatic carbocycles. The second-order valence-electron chi connectivity index (χ2n) is 5.67. The number of allylic oxidation sites excluding steroid dienone is 1. The molecule has 1 unspecified atom stereocenters. The van der Waals surface area contributed by atoms with Gasteiger partial charge >= 0.3 is 0 Å². The van der Waals surface area contributed by atoms with Gasteiger partial charge in [0.1, 0.15) is 0 Å². The van der Waals surface area contributed by atoms with E-state index in [2.05, 4.69) is 54.2 Å². The van der Waals surface area contributed by atoms with Crippen LogP contribution in [0.5, 0.6) is 0 Å². The zero-order valence-corrected chi connectivity index (χ0v) is 12.7. The second kappa shape index (κ2) is 6.25. The third-order valence-corrected chi connectivity index (χ3v) is 11.7. The fourth-order valence-electron chi connectivity index (χ4n) is 3.74. The Kier molecular flexibility index (Phi) is 6.03. The van der Waals surface area contributed by atoms with Gasteiger partial charge < -0.3 is 0 Å². The molecule has 1 nitrogen and oxygen atoms in total. The van der Waals surface area contributed by atoms with E-state index >= 15 is 0 Å². The highest BCUT2D eigenvalue weighted by atomic mass is 28.3. The van der Waals surface area contributed by atoms with Crippen LogP contribution in [0.25, 0.3) is 0 Å². The molecular weight excluding hydrogens is 210 g/mol. The van der Waals surface area contributed by atoms with Crippen molar-refractivity contribution in [1.82, 2.24) is 0 Å². The van der Waals surface area contributed by atoms with Crippen molar-refractivity contribution in [2.75, 3.05) is 0 Å². The van der Waals surface area contributed by atoms with E-state index in [0.29, 0.717) is 16.6 Å². The Bertz CT molecular complexity index is 239. The molecule has 92 valence electrons. The van der Waals surface area contributed by atoms with Crippen LogP contribution in [-0.2, 0) is 0 Å². The first-order valence-corrected chi connectivity index (χ1v) is 8.67. The predicted molar refractivity (Wildman–Crippen MR) is 75.2 cm³/mol. The minimum atomic E-state index is -1.61. The molecule has 0 aliphatic heterocycles. The van der Waals surface area contributed by atoms with E-state index in [4.69, 9.17) is 0 Å². The molecule has 0 aliphatic rings. The lowest BCUT2D eigenvalue weighted by molar-refractivity contribution is 0.759. The van der Waals surface area contributed by atoms with Crippen molar-refractivity contribution in [2.45, 2.75) is 70.1 Å². The molecule has 0 aromatic heterocycles. The Morgan fingerprint density at radius 3 is 1.62 bits per heavy atom. The molecule has 0 rings (SSSR count). The van der Waals surface area contributed by atoms with E-state index in [9.17, 15) is 5.26 Å². The molecule has 1 atom stereocenters. The van der Waals surface area contributed by atoms with Gasteiger partial charge in [-0.05, 0) is 23.0 Å². The molecule has 0 N–H and O–H groups in total. The lowest BCUT2D eigenvalue weighted by Gasteiger charge is -2.46. The highest BCUT2D eigenvalue weighted by Crippen LogP contribution is 2.50. The van der Waals surface area contributed by atoms with Crippen molar-refractivity contribution >= 4 is 8.07 Å². The molecule has 2 heteroatoms. The van der Waals surface area contributed by atoms with Crippen molar-refractivity contribution in [1.29, 1.82) is 5.26 Å². The molecule has 0 fully saturated rings. The Morgan fingerprint density at radius 2 is 1.44 bits per heavy atom. The van der Waals surface area contributed by atoms with Gasteiger partial charge in [0.15, 0.2) is 0 Å². The lowest BCUT2D eigenvalue weighted by Crippen LogP contribution is -2.48. The average Bonchev–Trinajstić information content (AvgIpc) is 2.15.